The molecule has 0 amide bonds. The van der Waals surface area contributed by atoms with E-state index in [-0.39, 0.29) is 18.0 Å². The van der Waals surface area contributed by atoms with E-state index in [4.69, 9.17) is 4.74 Å². The molecule has 2 fully saturated rings. The summed E-state index contributed by atoms with van der Waals surface area (Å²) in [5, 5.41) is 3.09. The van der Waals surface area contributed by atoms with Crippen molar-refractivity contribution in [3.8, 4) is 0 Å². The van der Waals surface area contributed by atoms with E-state index in [0.29, 0.717) is 5.41 Å². The van der Waals surface area contributed by atoms with Crippen molar-refractivity contribution >= 4 is 5.97 Å². The Bertz CT molecular complexity index is 236. The Morgan fingerprint density at radius 1 is 1.27 bits per heavy atom. The molecule has 0 aromatic heterocycles. The molecule has 0 spiro atoms. The quantitative estimate of drug-likeness (QED) is 0.707. The van der Waals surface area contributed by atoms with Gasteiger partial charge in [0.05, 0.1) is 5.92 Å². The van der Waals surface area contributed by atoms with Crippen LogP contribution in [0.5, 0.6) is 0 Å². The van der Waals surface area contributed by atoms with Crippen LogP contribution in [-0.4, -0.2) is 25.2 Å². The highest BCUT2D eigenvalue weighted by atomic mass is 16.5. The molecule has 2 rings (SSSR count). The van der Waals surface area contributed by atoms with Crippen molar-refractivity contribution in [3.63, 3.8) is 0 Å². The Hall–Kier alpha value is -0.570. The summed E-state index contributed by atoms with van der Waals surface area (Å²) in [6.45, 7) is 6.19. The molecule has 1 N–H and O–H groups in total. The average molecular weight is 211 g/mol. The Balaban J connectivity index is 1.74. The van der Waals surface area contributed by atoms with Crippen molar-refractivity contribution in [2.24, 2.45) is 11.3 Å². The summed E-state index contributed by atoms with van der Waals surface area (Å²) in [7, 11) is 0. The van der Waals surface area contributed by atoms with Crippen molar-refractivity contribution < 1.29 is 9.53 Å². The van der Waals surface area contributed by atoms with E-state index in [1.807, 2.05) is 0 Å². The van der Waals surface area contributed by atoms with Crippen molar-refractivity contribution in [2.75, 3.05) is 13.1 Å². The highest BCUT2D eigenvalue weighted by Gasteiger charge is 2.32. The van der Waals surface area contributed by atoms with Gasteiger partial charge in [-0.25, -0.2) is 0 Å². The molecule has 1 aliphatic heterocycles. The van der Waals surface area contributed by atoms with Crippen molar-refractivity contribution in [1.29, 1.82) is 0 Å². The molecule has 1 saturated carbocycles. The molecule has 1 saturated heterocycles. The largest absolute Gasteiger partial charge is 0.462 e. The van der Waals surface area contributed by atoms with Crippen LogP contribution in [0.1, 0.15) is 39.5 Å². The number of nitrogens with one attached hydrogen (secondary N) is 1. The molecule has 1 aliphatic carbocycles. The summed E-state index contributed by atoms with van der Waals surface area (Å²) in [6.07, 6.45) is 4.62. The Kier molecular flexibility index (Phi) is 3.01. The molecular formula is C12H21NO2. The number of carbonyl (C=O) groups is 1. The van der Waals surface area contributed by atoms with Crippen LogP contribution in [0.25, 0.3) is 0 Å². The summed E-state index contributed by atoms with van der Waals surface area (Å²) in [6, 6.07) is 0. The van der Waals surface area contributed by atoms with E-state index >= 15 is 0 Å². The van der Waals surface area contributed by atoms with Gasteiger partial charge in [-0.2, -0.15) is 0 Å². The van der Waals surface area contributed by atoms with Crippen LogP contribution in [0, 0.1) is 11.3 Å². The van der Waals surface area contributed by atoms with Gasteiger partial charge < -0.3 is 10.1 Å². The summed E-state index contributed by atoms with van der Waals surface area (Å²) >= 11 is 0. The normalized spacial score (nSPS) is 27.1. The zero-order valence-corrected chi connectivity index (χ0v) is 9.71. The minimum atomic E-state index is 0.0125. The second-order valence-electron chi connectivity index (χ2n) is 5.66. The van der Waals surface area contributed by atoms with Gasteiger partial charge in [0.25, 0.3) is 0 Å². The molecule has 86 valence electrons. The molecule has 15 heavy (non-hydrogen) atoms. The predicted molar refractivity (Wildman–Crippen MR) is 58.5 cm³/mol. The highest BCUT2D eigenvalue weighted by molar-refractivity contribution is 5.74. The predicted octanol–water partition coefficient (Wildman–Crippen LogP) is 1.72. The molecule has 1 heterocycles. The van der Waals surface area contributed by atoms with Crippen LogP contribution in [0.15, 0.2) is 0 Å². The SMILES string of the molecule is CC1(C)CCC(OC(=O)C2CNC2)CC1. The van der Waals surface area contributed by atoms with E-state index in [0.717, 1.165) is 25.9 Å². The third kappa shape index (κ3) is 2.71. The van der Waals surface area contributed by atoms with Crippen LogP contribution in [-0.2, 0) is 9.53 Å². The van der Waals surface area contributed by atoms with Crippen LogP contribution < -0.4 is 5.32 Å². The topological polar surface area (TPSA) is 38.3 Å². The number of carbonyl (C=O) groups excluding carboxylic acids is 1. The first-order valence-electron chi connectivity index (χ1n) is 5.98. The second kappa shape index (κ2) is 4.12. The van der Waals surface area contributed by atoms with Gasteiger partial charge in [0.2, 0.25) is 0 Å². The molecule has 2 aliphatic rings. The molecule has 0 atom stereocenters. The first kappa shape index (κ1) is 10.9. The fraction of sp³-hybridized carbons (Fsp3) is 0.917. The third-order valence-corrected chi connectivity index (χ3v) is 3.68. The van der Waals surface area contributed by atoms with Gasteiger partial charge in [0.1, 0.15) is 6.10 Å². The third-order valence-electron chi connectivity index (χ3n) is 3.68. The summed E-state index contributed by atoms with van der Waals surface area (Å²) in [4.78, 5) is 11.6. The number of hydrogen-bond donors (Lipinski definition) is 1. The summed E-state index contributed by atoms with van der Waals surface area (Å²) < 4.78 is 5.51. The summed E-state index contributed by atoms with van der Waals surface area (Å²) in [5.74, 6) is 0.137. The fourth-order valence-corrected chi connectivity index (χ4v) is 2.21. The Morgan fingerprint density at radius 2 is 1.87 bits per heavy atom. The maximum Gasteiger partial charge on any atom is 0.311 e. The lowest BCUT2D eigenvalue weighted by atomic mass is 9.76. The molecule has 3 nitrogen and oxygen atoms in total. The maximum absolute atomic E-state index is 11.6. The number of ether oxygens (including phenoxy) is 1. The van der Waals surface area contributed by atoms with Crippen molar-refractivity contribution in [3.05, 3.63) is 0 Å². The molecule has 0 unspecified atom stereocenters. The van der Waals surface area contributed by atoms with E-state index in [1.54, 1.807) is 0 Å². The van der Waals surface area contributed by atoms with E-state index in [9.17, 15) is 4.79 Å². The number of esters is 1. The first-order valence-corrected chi connectivity index (χ1v) is 5.98. The van der Waals surface area contributed by atoms with Crippen LogP contribution in [0.2, 0.25) is 0 Å². The van der Waals surface area contributed by atoms with E-state index in [1.165, 1.54) is 12.8 Å². The van der Waals surface area contributed by atoms with Crippen LogP contribution >= 0.6 is 0 Å². The zero-order valence-electron chi connectivity index (χ0n) is 9.71. The van der Waals surface area contributed by atoms with E-state index < -0.39 is 0 Å². The van der Waals surface area contributed by atoms with Crippen LogP contribution in [0.3, 0.4) is 0 Å². The average Bonchev–Trinajstić information content (AvgIpc) is 2.05. The lowest BCUT2D eigenvalue weighted by Gasteiger charge is -2.35. The maximum atomic E-state index is 11.6. The van der Waals surface area contributed by atoms with Crippen molar-refractivity contribution in [2.45, 2.75) is 45.6 Å². The Morgan fingerprint density at radius 3 is 2.33 bits per heavy atom. The highest BCUT2D eigenvalue weighted by Crippen LogP contribution is 2.36. The van der Waals surface area contributed by atoms with Gasteiger partial charge in [-0.15, -0.1) is 0 Å². The molecule has 0 aromatic rings. The first-order chi connectivity index (χ1) is 7.07. The van der Waals surface area contributed by atoms with Gasteiger partial charge in [-0.05, 0) is 31.1 Å². The lowest BCUT2D eigenvalue weighted by molar-refractivity contribution is -0.158. The molecule has 0 radical (unpaired) electrons. The minimum absolute atomic E-state index is 0.0125. The Labute approximate surface area is 91.6 Å². The van der Waals surface area contributed by atoms with Gasteiger partial charge in [-0.1, -0.05) is 13.8 Å². The zero-order chi connectivity index (χ0) is 10.9. The van der Waals surface area contributed by atoms with Gasteiger partial charge >= 0.3 is 5.97 Å². The fourth-order valence-electron chi connectivity index (χ4n) is 2.21. The smallest absolute Gasteiger partial charge is 0.311 e. The monoisotopic (exact) mass is 211 g/mol. The van der Waals surface area contributed by atoms with Gasteiger partial charge in [0.15, 0.2) is 0 Å². The van der Waals surface area contributed by atoms with Gasteiger partial charge in [0, 0.05) is 13.1 Å². The lowest BCUT2D eigenvalue weighted by Crippen LogP contribution is -2.48. The molecule has 3 heteroatoms. The second-order valence-corrected chi connectivity index (χ2v) is 5.66. The summed E-state index contributed by atoms with van der Waals surface area (Å²) in [5.41, 5.74) is 0.445. The number of rotatable bonds is 2. The number of hydrogen-bond acceptors (Lipinski definition) is 3. The molecule has 0 bridgehead atoms. The van der Waals surface area contributed by atoms with Crippen molar-refractivity contribution in [1.82, 2.24) is 5.32 Å². The minimum Gasteiger partial charge on any atom is -0.462 e. The molecule has 0 aromatic carbocycles. The molecular weight excluding hydrogens is 190 g/mol. The van der Waals surface area contributed by atoms with Crippen LogP contribution in [0.4, 0.5) is 0 Å². The van der Waals surface area contributed by atoms with E-state index in [2.05, 4.69) is 19.2 Å². The standard InChI is InChI=1S/C12H21NO2/c1-12(2)5-3-10(4-6-12)15-11(14)9-7-13-8-9/h9-10,13H,3-8H2,1-2H3. The van der Waals surface area contributed by atoms with Gasteiger partial charge in [-0.3, -0.25) is 4.79 Å².